The minimum absolute atomic E-state index is 0. The largest absolute Gasteiger partial charge is 0.477 e. The smallest absolute Gasteiger partial charge is 0.429 e. The number of hydrogen-bond acceptors (Lipinski definition) is 18. The molecule has 0 spiro atoms. The van der Waals surface area contributed by atoms with Crippen molar-refractivity contribution in [1.82, 2.24) is 84.8 Å². The molecule has 0 fully saturated rings. The Morgan fingerprint density at radius 3 is 0.917 bits per heavy atom. The van der Waals surface area contributed by atoms with Gasteiger partial charge in [-0.05, 0) is 139 Å². The van der Waals surface area contributed by atoms with E-state index >= 15 is 0 Å². The van der Waals surface area contributed by atoms with Crippen molar-refractivity contribution in [2.45, 2.75) is 20.0 Å². The number of rotatable bonds is 10. The van der Waals surface area contributed by atoms with Crippen LogP contribution in [-0.2, 0) is 107 Å². The quantitative estimate of drug-likeness (QED) is 0.0650. The molecular weight excluding hydrogens is 2650 g/mol. The van der Waals surface area contributed by atoms with Crippen LogP contribution >= 0.6 is 0 Å². The number of benzene rings is 3. The number of alkyl halides is 3. The third-order valence-electron chi connectivity index (χ3n) is 14.9. The van der Waals surface area contributed by atoms with E-state index in [0.29, 0.717) is 28.5 Å². The SMILES string of the molecule is Cc1ccnc(-c2[c-]cc(F)nc2F)c1.Cc1ccnc(-c2[c-]cc(F)nc2F)c1.FC(F)(F)c1n[n-]c(-c2ccccn2)n1.Fc1c[c-]c(-c2ccccn2)c(F)c1.Fc1c[c-]c(-c2ccccn2)c(F)c1.Fc1c[c-]c(-c2ccccn2)c(F)n1.Fc1c[c-]c(-n2cccn2)c(F)c1.O=C(O)c1ccccn1.O=C(O)c1ccccn1.O=C(O)c1ccccn1.[Ir].[Ir].[Ir].[Ir].[Ir]. The van der Waals surface area contributed by atoms with Gasteiger partial charge in [0.1, 0.15) is 58.6 Å². The Morgan fingerprint density at radius 1 is 0.333 bits per heavy atom. The summed E-state index contributed by atoms with van der Waals surface area (Å²) in [4.78, 5) is 77.1. The minimum Gasteiger partial charge on any atom is -0.477 e. The van der Waals surface area contributed by atoms with Gasteiger partial charge in [-0.3, -0.25) is 56.1 Å². The molecule has 23 nitrogen and oxygen atoms in total. The first kappa shape index (κ1) is 113. The van der Waals surface area contributed by atoms with Gasteiger partial charge in [0.05, 0.1) is 5.69 Å². The topological polar surface area (TPSA) is 324 Å². The molecule has 0 unspecified atom stereocenters. The van der Waals surface area contributed by atoms with E-state index in [-0.39, 0.29) is 163 Å². The molecule has 689 valence electrons. The summed E-state index contributed by atoms with van der Waals surface area (Å²) in [6.45, 7) is 3.72. The van der Waals surface area contributed by atoms with Crippen LogP contribution in [0.3, 0.4) is 0 Å². The first-order valence-electron chi connectivity index (χ1n) is 35.6. The van der Waals surface area contributed by atoms with Crippen molar-refractivity contribution in [1.29, 1.82) is 0 Å². The Morgan fingerprint density at radius 2 is 0.644 bits per heavy atom. The molecule has 0 aliphatic carbocycles. The van der Waals surface area contributed by atoms with Gasteiger partial charge in [0.2, 0.25) is 0 Å². The summed E-state index contributed by atoms with van der Waals surface area (Å²) >= 11 is 0. The number of halogens is 15. The fraction of sp³-hybridized carbons (Fsp3) is 0.0337. The minimum atomic E-state index is -4.57. The van der Waals surface area contributed by atoms with Crippen LogP contribution in [0.25, 0.3) is 73.5 Å². The van der Waals surface area contributed by atoms with Gasteiger partial charge in [0.25, 0.3) is 0 Å². The molecular formula is C89H55F15Ir5N17O6-7. The normalized spacial score (nSPS) is 9.73. The van der Waals surface area contributed by atoms with Crippen molar-refractivity contribution in [3.8, 4) is 73.5 Å². The predicted octanol–water partition coefficient (Wildman–Crippen LogP) is 18.7. The van der Waals surface area contributed by atoms with Crippen LogP contribution in [0.15, 0.2) is 280 Å². The Balaban J connectivity index is 0.000000378. The molecule has 132 heavy (non-hydrogen) atoms. The monoisotopic (exact) mass is 2710 g/mol. The zero-order chi connectivity index (χ0) is 91.8. The summed E-state index contributed by atoms with van der Waals surface area (Å²) in [5, 5.41) is 35.0. The van der Waals surface area contributed by atoms with E-state index < -0.39 is 100 Å². The fourth-order valence-corrected chi connectivity index (χ4v) is 9.26. The molecule has 17 aromatic rings. The van der Waals surface area contributed by atoms with Gasteiger partial charge in [-0.25, -0.2) is 55.7 Å². The number of aryl methyl sites for hydroxylation is 2. The predicted molar refractivity (Wildman–Crippen MR) is 424 cm³/mol. The zero-order valence-electron chi connectivity index (χ0n) is 66.6. The summed E-state index contributed by atoms with van der Waals surface area (Å²) in [5.41, 5.74) is 5.22. The first-order valence-corrected chi connectivity index (χ1v) is 35.6. The number of hydrogen-bond donors (Lipinski definition) is 3. The van der Waals surface area contributed by atoms with Crippen LogP contribution in [0, 0.1) is 121 Å². The van der Waals surface area contributed by atoms with E-state index in [1.807, 2.05) is 13.8 Å². The third-order valence-corrected chi connectivity index (χ3v) is 14.9. The van der Waals surface area contributed by atoms with Gasteiger partial charge in [0.15, 0.2) is 0 Å². The van der Waals surface area contributed by atoms with Gasteiger partial charge >= 0.3 is 24.1 Å². The van der Waals surface area contributed by atoms with E-state index in [4.69, 9.17) is 15.3 Å². The molecule has 14 aromatic heterocycles. The molecule has 0 saturated heterocycles. The molecule has 5 radical (unpaired) electrons. The molecule has 0 bridgehead atoms. The molecule has 0 aliphatic heterocycles. The second kappa shape index (κ2) is 58.2. The van der Waals surface area contributed by atoms with Gasteiger partial charge < -0.3 is 50.3 Å². The average molecular weight is 2700 g/mol. The van der Waals surface area contributed by atoms with Crippen LogP contribution < -0.4 is 5.10 Å². The van der Waals surface area contributed by atoms with E-state index in [1.165, 1.54) is 66.1 Å². The second-order valence-electron chi connectivity index (χ2n) is 24.0. The van der Waals surface area contributed by atoms with E-state index in [0.717, 1.165) is 65.7 Å². The van der Waals surface area contributed by atoms with E-state index in [1.54, 1.807) is 164 Å². The molecule has 0 atom stereocenters. The maximum Gasteiger partial charge on any atom is 0.429 e. The molecule has 0 saturated carbocycles. The summed E-state index contributed by atoms with van der Waals surface area (Å²) in [7, 11) is 0. The number of carboxylic acid groups (broad SMARTS) is 3. The van der Waals surface area contributed by atoms with Gasteiger partial charge in [0, 0.05) is 204 Å². The summed E-state index contributed by atoms with van der Waals surface area (Å²) in [6.07, 6.45) is 12.0. The van der Waals surface area contributed by atoms with Crippen molar-refractivity contribution < 1.29 is 196 Å². The molecule has 14 heterocycles. The summed E-state index contributed by atoms with van der Waals surface area (Å²) in [6, 6.07) is 66.4. The van der Waals surface area contributed by atoms with Crippen LogP contribution in [0.4, 0.5) is 65.9 Å². The standard InChI is InChI=1S/2C11H7F2N2.2C11H6F2N.C10H5F2N2.C9H5F2N2.C8H4F3N4.3C6H5NO2.5Ir/c2*1-7-4-5-14-9(6-7)8-2-3-10(12)15-11(8)13;2*12-8-4-5-9(10(13)7-8)11-3-1-2-6-14-11;11-9-5-4-7(10(12)14-9)8-3-1-2-6-13-8;10-7-2-3-9(8(11)6-7)13-5-1-4-12-13;9-8(10,11)7-13-6(14-15-7)5-3-1-2-4-12-5;3*8-6(9)5-3-1-2-4-7-5;;;;;/h2*3-6H,1H3;2*1-4,6-7H;1-3,5-6H;1-2,4-6H;1-4H;3*1-4H,(H,8,9);;;;;/q7*-1;;;;;;;;. The molecule has 43 heteroatoms. The zero-order valence-corrected chi connectivity index (χ0v) is 78.5. The second-order valence-corrected chi connectivity index (χ2v) is 24.0. The van der Waals surface area contributed by atoms with Crippen molar-refractivity contribution in [2.24, 2.45) is 0 Å². The van der Waals surface area contributed by atoms with Crippen molar-refractivity contribution in [2.75, 3.05) is 0 Å². The first-order chi connectivity index (χ1) is 60.9. The van der Waals surface area contributed by atoms with Gasteiger partial charge in [-0.1, -0.05) is 142 Å². The van der Waals surface area contributed by atoms with Crippen LogP contribution in [0.1, 0.15) is 48.4 Å². The van der Waals surface area contributed by atoms with Gasteiger partial charge in [-0.15, -0.1) is 54.6 Å². The Labute approximate surface area is 807 Å². The number of carboxylic acids is 3. The third kappa shape index (κ3) is 37.8. The number of pyridine rings is 12. The van der Waals surface area contributed by atoms with Crippen molar-refractivity contribution in [3.05, 3.63) is 422 Å². The van der Waals surface area contributed by atoms with Crippen LogP contribution in [0.5, 0.6) is 0 Å². The fourth-order valence-electron chi connectivity index (χ4n) is 9.26. The van der Waals surface area contributed by atoms with Crippen molar-refractivity contribution >= 4 is 17.9 Å². The Hall–Kier alpha value is -13.6. The van der Waals surface area contributed by atoms with Crippen molar-refractivity contribution in [3.63, 3.8) is 0 Å². The number of nitrogens with zero attached hydrogens (tertiary/aromatic N) is 17. The number of aromatic carboxylic acids is 3. The Bertz CT molecular complexity index is 5940. The molecule has 3 aromatic carbocycles. The van der Waals surface area contributed by atoms with Crippen LogP contribution in [-0.4, -0.2) is 113 Å². The van der Waals surface area contributed by atoms with E-state index in [2.05, 4.69) is 116 Å². The van der Waals surface area contributed by atoms with Crippen LogP contribution in [0.2, 0.25) is 0 Å². The summed E-state index contributed by atoms with van der Waals surface area (Å²) in [5.74, 6) is -13.6. The molecule has 0 amide bonds. The maximum absolute atomic E-state index is 13.2. The average Bonchev–Trinajstić information content (AvgIpc) is 1.44. The van der Waals surface area contributed by atoms with E-state index in [9.17, 15) is 80.2 Å². The molecule has 3 N–H and O–H groups in total. The maximum atomic E-state index is 13.2. The number of carbonyl (C=O) groups is 3. The summed E-state index contributed by atoms with van der Waals surface area (Å²) < 4.78 is 192. The molecule has 0 aliphatic rings. The molecule has 17 rings (SSSR count). The Kier molecular flexibility index (Phi) is 49.6. The number of aromatic nitrogens is 17. The van der Waals surface area contributed by atoms with Gasteiger partial charge in [-0.2, -0.15) is 24.3 Å².